The molecule has 0 atom stereocenters. The molecule has 0 saturated heterocycles. The lowest BCUT2D eigenvalue weighted by molar-refractivity contribution is 0.117. The van der Waals surface area contributed by atoms with E-state index >= 15 is 0 Å². The molecule has 0 N–H and O–H groups in total. The van der Waals surface area contributed by atoms with E-state index in [-0.39, 0.29) is 0 Å². The molecule has 1 aromatic rings. The van der Waals surface area contributed by atoms with E-state index in [1.54, 1.807) is 0 Å². The van der Waals surface area contributed by atoms with Crippen LogP contribution in [0.4, 0.5) is 0 Å². The van der Waals surface area contributed by atoms with Crippen LogP contribution in [0.3, 0.4) is 0 Å². The lowest BCUT2D eigenvalue weighted by atomic mass is 10.1. The van der Waals surface area contributed by atoms with Crippen LogP contribution >= 0.6 is 0 Å². The lowest BCUT2D eigenvalue weighted by Gasteiger charge is -2.15. The summed E-state index contributed by atoms with van der Waals surface area (Å²) in [4.78, 5) is 0. The third-order valence-corrected chi connectivity index (χ3v) is 6.04. The van der Waals surface area contributed by atoms with Crippen molar-refractivity contribution in [2.24, 2.45) is 0 Å². The highest BCUT2D eigenvalue weighted by molar-refractivity contribution is 6.44. The molecule has 0 heterocycles. The average molecular weight is 378 g/mol. The second kappa shape index (κ2) is 16.2. The first kappa shape index (κ1) is 23.1. The minimum atomic E-state index is -1.16. The number of unbranched alkanes of at least 4 members (excludes halogenated alkanes) is 4. The molecule has 0 spiro atoms. The first-order valence-electron chi connectivity index (χ1n) is 10.2. The average Bonchev–Trinajstić information content (AvgIpc) is 2.67. The second-order valence-electron chi connectivity index (χ2n) is 6.54. The Morgan fingerprint density at radius 1 is 0.885 bits per heavy atom. The van der Waals surface area contributed by atoms with Crippen molar-refractivity contribution in [2.75, 3.05) is 19.8 Å². The smallest absolute Gasteiger partial charge is 0.384 e. The van der Waals surface area contributed by atoms with Crippen molar-refractivity contribution in [3.05, 3.63) is 42.0 Å². The minimum absolute atomic E-state index is 0.638. The fourth-order valence-corrected chi connectivity index (χ4v) is 4.18. The van der Waals surface area contributed by atoms with E-state index in [4.69, 9.17) is 13.6 Å². The van der Waals surface area contributed by atoms with Crippen molar-refractivity contribution in [1.82, 2.24) is 0 Å². The van der Waals surface area contributed by atoms with E-state index in [0.29, 0.717) is 6.61 Å². The molecule has 1 aromatic carbocycles. The van der Waals surface area contributed by atoms with Crippen molar-refractivity contribution >= 4 is 15.4 Å². The molecule has 1 radical (unpaired) electrons. The van der Waals surface area contributed by atoms with Gasteiger partial charge in [-0.1, -0.05) is 76.5 Å². The number of rotatable bonds is 17. The van der Waals surface area contributed by atoms with Gasteiger partial charge >= 0.3 is 9.28 Å². The molecule has 26 heavy (non-hydrogen) atoms. The van der Waals surface area contributed by atoms with E-state index in [1.807, 2.05) is 18.2 Å². The highest BCUT2D eigenvalue weighted by Crippen LogP contribution is 2.12. The molecule has 0 amide bonds. The Morgan fingerprint density at radius 3 is 2.15 bits per heavy atom. The second-order valence-corrected chi connectivity index (χ2v) is 8.36. The zero-order chi connectivity index (χ0) is 18.9. The molecule has 4 heteroatoms. The van der Waals surface area contributed by atoms with Crippen LogP contribution in [0, 0.1) is 0 Å². The van der Waals surface area contributed by atoms with E-state index in [1.165, 1.54) is 31.2 Å². The van der Waals surface area contributed by atoms with Crippen LogP contribution in [0.5, 0.6) is 0 Å². The van der Waals surface area contributed by atoms with Gasteiger partial charge in [0.1, 0.15) is 0 Å². The van der Waals surface area contributed by atoms with Gasteiger partial charge in [-0.15, -0.1) is 0 Å². The largest absolute Gasteiger partial charge is 0.393 e. The molecule has 0 aliphatic rings. The van der Waals surface area contributed by atoms with Gasteiger partial charge in [-0.25, -0.2) is 0 Å². The van der Waals surface area contributed by atoms with Gasteiger partial charge in [-0.05, 0) is 36.4 Å². The first-order chi connectivity index (χ1) is 12.8. The molecule has 3 nitrogen and oxygen atoms in total. The fraction of sp³-hybridized carbons (Fsp3) is 0.636. The quantitative estimate of drug-likeness (QED) is 0.241. The molecular formula is C22H37O3Si. The van der Waals surface area contributed by atoms with E-state index in [9.17, 15) is 0 Å². The molecule has 0 aliphatic carbocycles. The van der Waals surface area contributed by atoms with Crippen LogP contribution < -0.4 is 0 Å². The maximum absolute atomic E-state index is 6.04. The summed E-state index contributed by atoms with van der Waals surface area (Å²) in [6, 6.07) is 9.23. The summed E-state index contributed by atoms with van der Waals surface area (Å²) in [6.07, 6.45) is 10.1. The summed E-state index contributed by atoms with van der Waals surface area (Å²) in [7, 11) is -1.16. The van der Waals surface area contributed by atoms with Crippen molar-refractivity contribution < 1.29 is 13.6 Å². The summed E-state index contributed by atoms with van der Waals surface area (Å²) in [6.45, 7) is 11.4. The van der Waals surface area contributed by atoms with Crippen LogP contribution in [-0.2, 0) is 20.2 Å². The molecular weight excluding hydrogens is 340 g/mol. The van der Waals surface area contributed by atoms with Gasteiger partial charge in [0.05, 0.1) is 6.61 Å². The monoisotopic (exact) mass is 377 g/mol. The maximum atomic E-state index is 6.04. The van der Waals surface area contributed by atoms with Crippen molar-refractivity contribution in [2.45, 2.75) is 71.4 Å². The van der Waals surface area contributed by atoms with E-state index in [0.717, 1.165) is 50.7 Å². The van der Waals surface area contributed by atoms with Crippen LogP contribution in [-0.4, -0.2) is 29.1 Å². The predicted octanol–water partition coefficient (Wildman–Crippen LogP) is 6.14. The number of ether oxygens (including phenoxy) is 1. The molecule has 147 valence electrons. The van der Waals surface area contributed by atoms with Gasteiger partial charge < -0.3 is 13.6 Å². The molecule has 0 fully saturated rings. The van der Waals surface area contributed by atoms with Gasteiger partial charge in [0.2, 0.25) is 0 Å². The summed E-state index contributed by atoms with van der Waals surface area (Å²) in [5.74, 6) is 0. The molecule has 0 aliphatic heterocycles. The predicted molar refractivity (Wildman–Crippen MR) is 112 cm³/mol. The SMILES string of the molecule is C=Cc1ccccc1COCCC[Si](OCCCCC)OCCCCC. The van der Waals surface area contributed by atoms with Gasteiger partial charge in [0, 0.05) is 19.8 Å². The Labute approximate surface area is 162 Å². The third kappa shape index (κ3) is 10.9. The number of hydrogen-bond donors (Lipinski definition) is 0. The third-order valence-electron chi connectivity index (χ3n) is 4.22. The normalized spacial score (nSPS) is 11.2. The van der Waals surface area contributed by atoms with Crippen LogP contribution in [0.15, 0.2) is 30.8 Å². The number of benzene rings is 1. The fourth-order valence-electron chi connectivity index (χ4n) is 2.63. The minimum Gasteiger partial charge on any atom is -0.393 e. The van der Waals surface area contributed by atoms with Gasteiger partial charge in [-0.3, -0.25) is 0 Å². The molecule has 0 aromatic heterocycles. The zero-order valence-corrected chi connectivity index (χ0v) is 17.8. The highest BCUT2D eigenvalue weighted by Gasteiger charge is 2.15. The van der Waals surface area contributed by atoms with Crippen molar-refractivity contribution in [3.63, 3.8) is 0 Å². The maximum Gasteiger partial charge on any atom is 0.384 e. The van der Waals surface area contributed by atoms with Gasteiger partial charge in [0.25, 0.3) is 0 Å². The Morgan fingerprint density at radius 2 is 1.54 bits per heavy atom. The zero-order valence-electron chi connectivity index (χ0n) is 16.8. The highest BCUT2D eigenvalue weighted by atomic mass is 28.3. The van der Waals surface area contributed by atoms with Crippen LogP contribution in [0.1, 0.15) is 69.9 Å². The summed E-state index contributed by atoms with van der Waals surface area (Å²) in [5.41, 5.74) is 2.34. The number of hydrogen-bond acceptors (Lipinski definition) is 3. The Balaban J connectivity index is 2.24. The standard InChI is InChI=1S/C22H37O3Si/c1-4-7-11-17-24-26(25-18-12-8-5-2)19-13-16-23-20-22-15-10-9-14-21(22)6-3/h6,9-10,14-15H,3-5,7-8,11-13,16-20H2,1-2H3. The van der Waals surface area contributed by atoms with Crippen LogP contribution in [0.2, 0.25) is 6.04 Å². The molecule has 0 saturated carbocycles. The van der Waals surface area contributed by atoms with E-state index < -0.39 is 9.28 Å². The first-order valence-corrected chi connectivity index (χ1v) is 11.7. The van der Waals surface area contributed by atoms with Crippen molar-refractivity contribution in [1.29, 1.82) is 0 Å². The topological polar surface area (TPSA) is 27.7 Å². The summed E-state index contributed by atoms with van der Waals surface area (Å²) in [5, 5.41) is 0. The molecule has 1 rings (SSSR count). The Hall–Kier alpha value is -0.943. The van der Waals surface area contributed by atoms with Crippen LogP contribution in [0.25, 0.3) is 6.08 Å². The molecule has 0 bridgehead atoms. The van der Waals surface area contributed by atoms with Crippen molar-refractivity contribution in [3.8, 4) is 0 Å². The van der Waals surface area contributed by atoms with Gasteiger partial charge in [0.15, 0.2) is 0 Å². The molecule has 0 unspecified atom stereocenters. The summed E-state index contributed by atoms with van der Waals surface area (Å²) >= 11 is 0. The lowest BCUT2D eigenvalue weighted by Crippen LogP contribution is -2.24. The Bertz CT molecular complexity index is 452. The Kier molecular flexibility index (Phi) is 14.4. The van der Waals surface area contributed by atoms with E-state index in [2.05, 4.69) is 32.6 Å². The summed E-state index contributed by atoms with van der Waals surface area (Å²) < 4.78 is 17.9. The van der Waals surface area contributed by atoms with Gasteiger partial charge in [-0.2, -0.15) is 0 Å².